The monoisotopic (exact) mass is 321 g/mol. The van der Waals surface area contributed by atoms with E-state index in [0.717, 1.165) is 35.5 Å². The number of para-hydroxylation sites is 1. The molecule has 1 aromatic heterocycles. The number of aliphatic carboxylic acids is 1. The number of fused-ring (bicyclic) bond motifs is 1. The standard InChI is InChI=1S/C16H19NO2S2/c1-2-10-7-8-11(15(18)19)14(9-10)21-16-17-12-5-3-4-6-13(12)20-16/h3-6,10-11,14H,2,7-9H2,1H3,(H,18,19). The summed E-state index contributed by atoms with van der Waals surface area (Å²) < 4.78 is 2.18. The molecule has 0 amide bonds. The normalized spacial score (nSPS) is 26.0. The maximum absolute atomic E-state index is 11.5. The van der Waals surface area contributed by atoms with Crippen LogP contribution in [-0.2, 0) is 4.79 Å². The van der Waals surface area contributed by atoms with Gasteiger partial charge in [-0.2, -0.15) is 0 Å². The Morgan fingerprint density at radius 2 is 2.24 bits per heavy atom. The molecule has 1 aliphatic carbocycles. The van der Waals surface area contributed by atoms with Crippen LogP contribution in [-0.4, -0.2) is 21.3 Å². The minimum atomic E-state index is -0.650. The summed E-state index contributed by atoms with van der Waals surface area (Å²) in [6.07, 6.45) is 3.98. The predicted octanol–water partition coefficient (Wildman–Crippen LogP) is 4.67. The number of benzene rings is 1. The van der Waals surface area contributed by atoms with Crippen LogP contribution >= 0.6 is 23.1 Å². The first-order chi connectivity index (χ1) is 10.2. The van der Waals surface area contributed by atoms with Crippen molar-refractivity contribution in [3.8, 4) is 0 Å². The maximum atomic E-state index is 11.5. The van der Waals surface area contributed by atoms with E-state index in [1.807, 2.05) is 18.2 Å². The molecule has 21 heavy (non-hydrogen) atoms. The number of carboxylic acids is 1. The van der Waals surface area contributed by atoms with Crippen LogP contribution in [0.5, 0.6) is 0 Å². The second-order valence-electron chi connectivity index (χ2n) is 5.64. The summed E-state index contributed by atoms with van der Waals surface area (Å²) in [5.41, 5.74) is 1.01. The highest BCUT2D eigenvalue weighted by Crippen LogP contribution is 2.42. The Morgan fingerprint density at radius 3 is 2.95 bits per heavy atom. The van der Waals surface area contributed by atoms with Crippen molar-refractivity contribution >= 4 is 39.3 Å². The third-order valence-electron chi connectivity index (χ3n) is 4.32. The largest absolute Gasteiger partial charge is 0.481 e. The van der Waals surface area contributed by atoms with Gasteiger partial charge in [-0.25, -0.2) is 4.98 Å². The predicted molar refractivity (Wildman–Crippen MR) is 88.0 cm³/mol. The van der Waals surface area contributed by atoms with Gasteiger partial charge in [0.2, 0.25) is 0 Å². The molecule has 0 radical (unpaired) electrons. The van der Waals surface area contributed by atoms with Crippen LogP contribution in [0.2, 0.25) is 0 Å². The van der Waals surface area contributed by atoms with E-state index >= 15 is 0 Å². The minimum absolute atomic E-state index is 0.154. The van der Waals surface area contributed by atoms with Gasteiger partial charge in [0, 0.05) is 5.25 Å². The van der Waals surface area contributed by atoms with E-state index in [1.165, 1.54) is 4.70 Å². The molecule has 2 aromatic rings. The topological polar surface area (TPSA) is 50.2 Å². The van der Waals surface area contributed by atoms with Crippen molar-refractivity contribution in [2.75, 3.05) is 0 Å². The quantitative estimate of drug-likeness (QED) is 0.889. The first-order valence-electron chi connectivity index (χ1n) is 7.42. The Kier molecular flexibility index (Phi) is 4.50. The van der Waals surface area contributed by atoms with Crippen molar-refractivity contribution in [1.82, 2.24) is 4.98 Å². The average molecular weight is 321 g/mol. The molecule has 1 fully saturated rings. The number of nitrogens with zero attached hydrogens (tertiary/aromatic N) is 1. The smallest absolute Gasteiger partial charge is 0.307 e. The van der Waals surface area contributed by atoms with Crippen LogP contribution in [0.1, 0.15) is 32.6 Å². The van der Waals surface area contributed by atoms with Gasteiger partial charge >= 0.3 is 5.97 Å². The molecule has 3 atom stereocenters. The first kappa shape index (κ1) is 14.9. The molecule has 3 nitrogen and oxygen atoms in total. The lowest BCUT2D eigenvalue weighted by molar-refractivity contribution is -0.142. The van der Waals surface area contributed by atoms with Crippen LogP contribution in [0.15, 0.2) is 28.6 Å². The Hall–Kier alpha value is -1.07. The van der Waals surface area contributed by atoms with Crippen LogP contribution < -0.4 is 0 Å². The summed E-state index contributed by atoms with van der Waals surface area (Å²) in [6.45, 7) is 2.20. The summed E-state index contributed by atoms with van der Waals surface area (Å²) in [7, 11) is 0. The van der Waals surface area contributed by atoms with Crippen molar-refractivity contribution in [3.63, 3.8) is 0 Å². The Bertz CT molecular complexity index is 607. The van der Waals surface area contributed by atoms with E-state index in [-0.39, 0.29) is 11.2 Å². The summed E-state index contributed by atoms with van der Waals surface area (Å²) in [5, 5.41) is 9.61. The van der Waals surface area contributed by atoms with Crippen LogP contribution in [0, 0.1) is 11.8 Å². The lowest BCUT2D eigenvalue weighted by Gasteiger charge is -2.32. The highest BCUT2D eigenvalue weighted by atomic mass is 32.2. The van der Waals surface area contributed by atoms with Crippen LogP contribution in [0.25, 0.3) is 10.2 Å². The molecule has 112 valence electrons. The van der Waals surface area contributed by atoms with Crippen LogP contribution in [0.3, 0.4) is 0 Å². The highest BCUT2D eigenvalue weighted by molar-refractivity contribution is 8.01. The van der Waals surface area contributed by atoms with Gasteiger partial charge in [0.25, 0.3) is 0 Å². The van der Waals surface area contributed by atoms with Crippen molar-refractivity contribution in [2.24, 2.45) is 11.8 Å². The summed E-state index contributed by atoms with van der Waals surface area (Å²) in [4.78, 5) is 16.1. The van der Waals surface area contributed by atoms with Gasteiger partial charge in [-0.15, -0.1) is 11.3 Å². The van der Waals surface area contributed by atoms with Crippen molar-refractivity contribution in [3.05, 3.63) is 24.3 Å². The zero-order valence-electron chi connectivity index (χ0n) is 12.0. The Balaban J connectivity index is 1.80. The van der Waals surface area contributed by atoms with E-state index in [9.17, 15) is 9.90 Å². The zero-order valence-corrected chi connectivity index (χ0v) is 13.6. The van der Waals surface area contributed by atoms with E-state index in [4.69, 9.17) is 0 Å². The van der Waals surface area contributed by atoms with E-state index in [2.05, 4.69) is 18.0 Å². The highest BCUT2D eigenvalue weighted by Gasteiger charge is 2.35. The van der Waals surface area contributed by atoms with Gasteiger partial charge in [0.1, 0.15) is 0 Å². The molecule has 0 bridgehead atoms. The third kappa shape index (κ3) is 3.24. The molecule has 3 rings (SSSR count). The number of thioether (sulfide) groups is 1. The van der Waals surface area contributed by atoms with Crippen molar-refractivity contribution in [2.45, 2.75) is 42.2 Å². The molecule has 1 N–H and O–H groups in total. The number of hydrogen-bond donors (Lipinski definition) is 1. The van der Waals surface area contributed by atoms with E-state index in [0.29, 0.717) is 5.92 Å². The Labute approximate surface area is 132 Å². The lowest BCUT2D eigenvalue weighted by Crippen LogP contribution is -2.32. The molecule has 1 heterocycles. The number of carbonyl (C=O) groups is 1. The second kappa shape index (κ2) is 6.36. The van der Waals surface area contributed by atoms with Gasteiger partial charge in [0.05, 0.1) is 16.1 Å². The van der Waals surface area contributed by atoms with Gasteiger partial charge in [-0.3, -0.25) is 4.79 Å². The number of thiazole rings is 1. The zero-order chi connectivity index (χ0) is 14.8. The van der Waals surface area contributed by atoms with Crippen molar-refractivity contribution < 1.29 is 9.90 Å². The fourth-order valence-corrected chi connectivity index (χ4v) is 5.75. The maximum Gasteiger partial charge on any atom is 0.307 e. The van der Waals surface area contributed by atoms with Crippen LogP contribution in [0.4, 0.5) is 0 Å². The molecular formula is C16H19NO2S2. The number of hydrogen-bond acceptors (Lipinski definition) is 4. The summed E-state index contributed by atoms with van der Waals surface area (Å²) >= 11 is 3.34. The molecule has 5 heteroatoms. The Morgan fingerprint density at radius 1 is 1.43 bits per heavy atom. The third-order valence-corrected chi connectivity index (χ3v) is 6.81. The number of aromatic nitrogens is 1. The summed E-state index contributed by atoms with van der Waals surface area (Å²) in [5.74, 6) is -0.222. The van der Waals surface area contributed by atoms with E-state index < -0.39 is 5.97 Å². The average Bonchev–Trinajstić information content (AvgIpc) is 2.89. The molecule has 3 unspecified atom stereocenters. The molecule has 0 spiro atoms. The van der Waals surface area contributed by atoms with Gasteiger partial charge in [0.15, 0.2) is 4.34 Å². The molecule has 1 aliphatic rings. The minimum Gasteiger partial charge on any atom is -0.481 e. The van der Waals surface area contributed by atoms with Gasteiger partial charge in [-0.1, -0.05) is 37.2 Å². The molecule has 1 saturated carbocycles. The van der Waals surface area contributed by atoms with Crippen molar-refractivity contribution in [1.29, 1.82) is 0 Å². The summed E-state index contributed by atoms with van der Waals surface area (Å²) in [6, 6.07) is 8.09. The van der Waals surface area contributed by atoms with E-state index in [1.54, 1.807) is 23.1 Å². The SMILES string of the molecule is CCC1CCC(C(=O)O)C(Sc2nc3ccccc3s2)C1. The first-order valence-corrected chi connectivity index (χ1v) is 9.12. The number of rotatable bonds is 4. The molecule has 1 aromatic carbocycles. The fraction of sp³-hybridized carbons (Fsp3) is 0.500. The molecular weight excluding hydrogens is 302 g/mol. The number of carboxylic acid groups (broad SMARTS) is 1. The van der Waals surface area contributed by atoms with Gasteiger partial charge < -0.3 is 5.11 Å². The lowest BCUT2D eigenvalue weighted by atomic mass is 9.80. The van der Waals surface area contributed by atoms with Gasteiger partial charge in [-0.05, 0) is 37.3 Å². The fourth-order valence-electron chi connectivity index (χ4n) is 3.03. The molecule has 0 saturated heterocycles. The second-order valence-corrected chi connectivity index (χ2v) is 8.15. The molecule has 0 aliphatic heterocycles.